The van der Waals surface area contributed by atoms with Crippen molar-refractivity contribution in [2.45, 2.75) is 26.5 Å². The summed E-state index contributed by atoms with van der Waals surface area (Å²) >= 11 is 0. The number of carbonyl (C=O) groups is 2. The van der Waals surface area contributed by atoms with E-state index in [1.807, 2.05) is 24.3 Å². The van der Waals surface area contributed by atoms with Crippen molar-refractivity contribution in [2.24, 2.45) is 0 Å². The Morgan fingerprint density at radius 3 is 2.35 bits per heavy atom. The van der Waals surface area contributed by atoms with Gasteiger partial charge in [-0.2, -0.15) is 0 Å². The van der Waals surface area contributed by atoms with E-state index < -0.39 is 5.87 Å². The van der Waals surface area contributed by atoms with Crippen LogP contribution >= 0.6 is 0 Å². The molecule has 0 aromatic heterocycles. The summed E-state index contributed by atoms with van der Waals surface area (Å²) in [5.74, 6) is -0.768. The lowest BCUT2D eigenvalue weighted by Crippen LogP contribution is -2.21. The molecule has 1 rings (SSSR count). The molecule has 1 aromatic rings. The van der Waals surface area contributed by atoms with Gasteiger partial charge in [-0.15, -0.1) is 0 Å². The second-order valence-corrected chi connectivity index (χ2v) is 3.55. The zero-order valence-corrected chi connectivity index (χ0v) is 9.73. The van der Waals surface area contributed by atoms with Gasteiger partial charge in [0.1, 0.15) is 6.61 Å². The summed E-state index contributed by atoms with van der Waals surface area (Å²) in [6, 6.07) is 7.40. The third-order valence-electron chi connectivity index (χ3n) is 2.21. The molecule has 1 amide bonds. The first-order chi connectivity index (χ1) is 8.11. The van der Waals surface area contributed by atoms with Crippen molar-refractivity contribution in [2.75, 3.05) is 0 Å². The zero-order valence-electron chi connectivity index (χ0n) is 9.73. The predicted octanol–water partition coefficient (Wildman–Crippen LogP) is 1.52. The third kappa shape index (κ3) is 5.20. The smallest absolute Gasteiger partial charge is 0.236 e. The van der Waals surface area contributed by atoms with Gasteiger partial charge in [0.25, 0.3) is 0 Å². The van der Waals surface area contributed by atoms with Crippen molar-refractivity contribution in [3.05, 3.63) is 35.4 Å². The summed E-state index contributed by atoms with van der Waals surface area (Å²) < 4.78 is 4.65. The maximum atomic E-state index is 11.0. The second-order valence-electron chi connectivity index (χ2n) is 3.55. The van der Waals surface area contributed by atoms with Gasteiger partial charge in [-0.05, 0) is 11.1 Å². The summed E-state index contributed by atoms with van der Waals surface area (Å²) in [5, 5.41) is 2.77. The van der Waals surface area contributed by atoms with E-state index in [-0.39, 0.29) is 12.5 Å². The average Bonchev–Trinajstić information content (AvgIpc) is 2.34. The van der Waals surface area contributed by atoms with Crippen molar-refractivity contribution in [3.63, 3.8) is 0 Å². The highest BCUT2D eigenvalue weighted by Gasteiger charge is 1.99. The van der Waals surface area contributed by atoms with Gasteiger partial charge in [-0.1, -0.05) is 31.2 Å². The fourth-order valence-corrected chi connectivity index (χ4v) is 1.23. The maximum Gasteiger partial charge on any atom is 0.236 e. The van der Waals surface area contributed by atoms with Crippen LogP contribution in [0.15, 0.2) is 24.3 Å². The van der Waals surface area contributed by atoms with Gasteiger partial charge in [0.05, 0.1) is 0 Å². The van der Waals surface area contributed by atoms with Crippen LogP contribution in [0.25, 0.3) is 0 Å². The standard InChI is InChI=1S/C12H14BNO3/c1-2-11(15)14-7-9-3-5-10(6-4-9)8-17-12(13)16/h3-6H,2,7-8H2,1H3,(H,14,15). The number of amides is 1. The molecular weight excluding hydrogens is 217 g/mol. The van der Waals surface area contributed by atoms with Crippen LogP contribution in [0.5, 0.6) is 0 Å². The summed E-state index contributed by atoms with van der Waals surface area (Å²) in [4.78, 5) is 21.4. The molecule has 0 saturated heterocycles. The second kappa shape index (κ2) is 6.73. The molecule has 0 unspecified atom stereocenters. The van der Waals surface area contributed by atoms with Crippen molar-refractivity contribution in [1.29, 1.82) is 0 Å². The topological polar surface area (TPSA) is 55.4 Å². The highest BCUT2D eigenvalue weighted by Crippen LogP contribution is 2.05. The fourth-order valence-electron chi connectivity index (χ4n) is 1.23. The van der Waals surface area contributed by atoms with Gasteiger partial charge < -0.3 is 10.1 Å². The molecule has 4 nitrogen and oxygen atoms in total. The fraction of sp³-hybridized carbons (Fsp3) is 0.333. The maximum absolute atomic E-state index is 11.0. The van der Waals surface area contributed by atoms with E-state index in [1.165, 1.54) is 0 Å². The molecule has 0 atom stereocenters. The number of carbonyl (C=O) groups excluding carboxylic acids is 2. The Kier molecular flexibility index (Phi) is 5.26. The minimum Gasteiger partial charge on any atom is -0.470 e. The van der Waals surface area contributed by atoms with E-state index >= 15 is 0 Å². The zero-order chi connectivity index (χ0) is 12.7. The first kappa shape index (κ1) is 13.3. The lowest BCUT2D eigenvalue weighted by Gasteiger charge is -2.06. The Balaban J connectivity index is 2.44. The normalized spacial score (nSPS) is 9.71. The average molecular weight is 231 g/mol. The number of benzene rings is 1. The number of nitrogens with one attached hydrogen (secondary N) is 1. The Bertz CT molecular complexity index is 389. The summed E-state index contributed by atoms with van der Waals surface area (Å²) in [6.07, 6.45) is 0.477. The molecule has 1 N–H and O–H groups in total. The van der Waals surface area contributed by atoms with Crippen LogP contribution < -0.4 is 5.32 Å². The molecule has 1 aromatic carbocycles. The van der Waals surface area contributed by atoms with Crippen molar-refractivity contribution in [3.8, 4) is 0 Å². The van der Waals surface area contributed by atoms with Crippen molar-refractivity contribution < 1.29 is 14.3 Å². The Labute approximate surface area is 102 Å². The van der Waals surface area contributed by atoms with Crippen LogP contribution in [0.1, 0.15) is 24.5 Å². The van der Waals surface area contributed by atoms with Crippen molar-refractivity contribution >= 4 is 19.6 Å². The molecule has 88 valence electrons. The molecule has 0 heterocycles. The number of ether oxygens (including phenoxy) is 1. The van der Waals surface area contributed by atoms with Crippen LogP contribution in [0, 0.1) is 0 Å². The monoisotopic (exact) mass is 231 g/mol. The van der Waals surface area contributed by atoms with Crippen LogP contribution in [0.4, 0.5) is 4.79 Å². The largest absolute Gasteiger partial charge is 0.470 e. The Morgan fingerprint density at radius 2 is 1.82 bits per heavy atom. The van der Waals surface area contributed by atoms with Crippen LogP contribution in [0.2, 0.25) is 0 Å². The lowest BCUT2D eigenvalue weighted by atomic mass is 10.1. The van der Waals surface area contributed by atoms with E-state index in [2.05, 4.69) is 10.1 Å². The molecule has 0 bridgehead atoms. The SMILES string of the molecule is [B]C(=O)OCc1ccc(CNC(=O)CC)cc1. The molecular formula is C12H14BNO3. The summed E-state index contributed by atoms with van der Waals surface area (Å²) in [7, 11) is 4.86. The Morgan fingerprint density at radius 1 is 1.24 bits per heavy atom. The van der Waals surface area contributed by atoms with E-state index in [0.717, 1.165) is 11.1 Å². The molecule has 2 radical (unpaired) electrons. The predicted molar refractivity (Wildman–Crippen MR) is 64.5 cm³/mol. The minimum absolute atomic E-state index is 0.0196. The molecule has 0 aliphatic rings. The van der Waals surface area contributed by atoms with Gasteiger partial charge in [0.2, 0.25) is 19.6 Å². The van der Waals surface area contributed by atoms with E-state index in [0.29, 0.717) is 13.0 Å². The number of rotatable bonds is 5. The number of hydrogen-bond acceptors (Lipinski definition) is 3. The first-order valence-corrected chi connectivity index (χ1v) is 5.38. The highest BCUT2D eigenvalue weighted by molar-refractivity contribution is 6.55. The molecule has 17 heavy (non-hydrogen) atoms. The van der Waals surface area contributed by atoms with Crippen LogP contribution in [-0.2, 0) is 22.7 Å². The van der Waals surface area contributed by atoms with Gasteiger partial charge in [0, 0.05) is 13.0 Å². The summed E-state index contributed by atoms with van der Waals surface area (Å²) in [5.41, 5.74) is 1.85. The molecule has 0 aliphatic heterocycles. The van der Waals surface area contributed by atoms with Crippen LogP contribution in [-0.4, -0.2) is 19.6 Å². The van der Waals surface area contributed by atoms with E-state index in [9.17, 15) is 9.59 Å². The first-order valence-electron chi connectivity index (χ1n) is 5.38. The van der Waals surface area contributed by atoms with Crippen molar-refractivity contribution in [1.82, 2.24) is 5.32 Å². The minimum atomic E-state index is -0.788. The quantitative estimate of drug-likeness (QED) is 0.781. The highest BCUT2D eigenvalue weighted by atomic mass is 16.5. The van der Waals surface area contributed by atoms with Gasteiger partial charge >= 0.3 is 0 Å². The van der Waals surface area contributed by atoms with Gasteiger partial charge in [-0.25, -0.2) is 0 Å². The molecule has 5 heteroatoms. The van der Waals surface area contributed by atoms with Gasteiger partial charge in [0.15, 0.2) is 0 Å². The third-order valence-corrected chi connectivity index (χ3v) is 2.21. The van der Waals surface area contributed by atoms with E-state index in [4.69, 9.17) is 7.85 Å². The molecule has 0 saturated carbocycles. The molecule has 0 aliphatic carbocycles. The molecule has 0 fully saturated rings. The number of hydrogen-bond donors (Lipinski definition) is 1. The van der Waals surface area contributed by atoms with Gasteiger partial charge in [-0.3, -0.25) is 9.59 Å². The molecule has 0 spiro atoms. The van der Waals surface area contributed by atoms with Crippen LogP contribution in [0.3, 0.4) is 0 Å². The van der Waals surface area contributed by atoms with E-state index in [1.54, 1.807) is 6.92 Å². The Hall–Kier alpha value is -1.78. The summed E-state index contributed by atoms with van der Waals surface area (Å²) in [6.45, 7) is 2.47. The lowest BCUT2D eigenvalue weighted by molar-refractivity contribution is -0.120.